The van der Waals surface area contributed by atoms with E-state index in [4.69, 9.17) is 15.0 Å². The van der Waals surface area contributed by atoms with Crippen LogP contribution in [-0.4, -0.2) is 19.5 Å². The van der Waals surface area contributed by atoms with Crippen molar-refractivity contribution in [1.82, 2.24) is 19.5 Å². The van der Waals surface area contributed by atoms with Crippen LogP contribution in [0.3, 0.4) is 0 Å². The van der Waals surface area contributed by atoms with Crippen molar-refractivity contribution in [2.24, 2.45) is 0 Å². The Kier molecular flexibility index (Phi) is 8.00. The number of nitrogens with zero attached hydrogens (tertiary/aromatic N) is 4. The first kappa shape index (κ1) is 34.3. The molecule has 5 heteroatoms. The van der Waals surface area contributed by atoms with E-state index in [2.05, 4.69) is 193 Å². The van der Waals surface area contributed by atoms with Crippen LogP contribution < -0.4 is 0 Å². The van der Waals surface area contributed by atoms with Gasteiger partial charge in [0.2, 0.25) is 0 Å². The van der Waals surface area contributed by atoms with Gasteiger partial charge in [0.15, 0.2) is 17.5 Å². The van der Waals surface area contributed by atoms with Gasteiger partial charge in [-0.3, -0.25) is 0 Å². The van der Waals surface area contributed by atoms with Crippen molar-refractivity contribution in [3.8, 4) is 62.1 Å². The Labute approximate surface area is 350 Å². The van der Waals surface area contributed by atoms with Gasteiger partial charge in [-0.1, -0.05) is 170 Å². The standard InChI is InChI=1S/C55H34N4S/c1-2-13-37(14-3-1)53-56-54(58-55(57-53)48-21-12-20-47-46-19-8-11-24-51(46)60-52(47)48)38-27-25-35(26-28-38)40-33-34-41(43-16-5-4-15-42(40)43)36-29-31-39(32-30-36)59-49-22-9-6-17-44(49)45-18-7-10-23-50(45)59/h1-34H. The SMILES string of the molecule is c1ccc(-c2nc(-c3ccc(-c4ccc(-c5ccc(-n6c7ccccc7c7ccccc76)cc5)c5ccccc45)cc3)nc(-c3cccc4c3sc3ccccc34)n2)cc1. The van der Waals surface area contributed by atoms with Gasteiger partial charge < -0.3 is 4.57 Å². The van der Waals surface area contributed by atoms with E-state index in [1.807, 2.05) is 18.2 Å². The van der Waals surface area contributed by atoms with Crippen LogP contribution in [0.2, 0.25) is 0 Å². The molecular weight excluding hydrogens is 749 g/mol. The van der Waals surface area contributed by atoms with Crippen LogP contribution in [0.25, 0.3) is 115 Å². The highest BCUT2D eigenvalue weighted by atomic mass is 32.1. The molecule has 3 aromatic heterocycles. The highest BCUT2D eigenvalue weighted by Crippen LogP contribution is 2.41. The zero-order valence-electron chi connectivity index (χ0n) is 32.3. The molecule has 0 radical (unpaired) electrons. The molecule has 0 amide bonds. The summed E-state index contributed by atoms with van der Waals surface area (Å²) in [7, 11) is 0. The van der Waals surface area contributed by atoms with Crippen LogP contribution in [-0.2, 0) is 0 Å². The van der Waals surface area contributed by atoms with E-state index in [9.17, 15) is 0 Å². The van der Waals surface area contributed by atoms with Crippen molar-refractivity contribution in [2.45, 2.75) is 0 Å². The second-order valence-corrected chi connectivity index (χ2v) is 16.2. The fraction of sp³-hybridized carbons (Fsp3) is 0. The molecule has 0 saturated heterocycles. The maximum absolute atomic E-state index is 5.15. The summed E-state index contributed by atoms with van der Waals surface area (Å²) < 4.78 is 4.80. The number of rotatable bonds is 6. The van der Waals surface area contributed by atoms with Crippen molar-refractivity contribution in [3.05, 3.63) is 206 Å². The quantitative estimate of drug-likeness (QED) is 0.169. The number of hydrogen-bond acceptors (Lipinski definition) is 4. The average molecular weight is 783 g/mol. The minimum absolute atomic E-state index is 0.646. The highest BCUT2D eigenvalue weighted by molar-refractivity contribution is 7.26. The van der Waals surface area contributed by atoms with Gasteiger partial charge in [-0.2, -0.15) is 0 Å². The second kappa shape index (κ2) is 14.0. The summed E-state index contributed by atoms with van der Waals surface area (Å²) in [6, 6.07) is 73.4. The van der Waals surface area contributed by atoms with E-state index in [1.54, 1.807) is 11.3 Å². The van der Waals surface area contributed by atoms with E-state index in [0.29, 0.717) is 17.5 Å². The molecule has 0 bridgehead atoms. The predicted molar refractivity (Wildman–Crippen MR) is 252 cm³/mol. The summed E-state index contributed by atoms with van der Waals surface area (Å²) in [5.41, 5.74) is 11.2. The minimum Gasteiger partial charge on any atom is -0.309 e. The maximum Gasteiger partial charge on any atom is 0.165 e. The Morgan fingerprint density at radius 2 is 0.767 bits per heavy atom. The van der Waals surface area contributed by atoms with Gasteiger partial charge in [0.25, 0.3) is 0 Å². The Hall–Kier alpha value is -7.73. The molecule has 0 unspecified atom stereocenters. The summed E-state index contributed by atoms with van der Waals surface area (Å²) in [6.45, 7) is 0. The average Bonchev–Trinajstić information content (AvgIpc) is 3.88. The van der Waals surface area contributed by atoms with Gasteiger partial charge in [-0.05, 0) is 69.4 Å². The molecule has 280 valence electrons. The minimum atomic E-state index is 0.646. The number of fused-ring (bicyclic) bond motifs is 7. The van der Waals surface area contributed by atoms with Gasteiger partial charge >= 0.3 is 0 Å². The van der Waals surface area contributed by atoms with Gasteiger partial charge in [0.05, 0.1) is 11.0 Å². The van der Waals surface area contributed by atoms with Crippen molar-refractivity contribution in [1.29, 1.82) is 0 Å². The lowest BCUT2D eigenvalue weighted by Crippen LogP contribution is -2.00. The fourth-order valence-corrected chi connectivity index (χ4v) is 10.1. The smallest absolute Gasteiger partial charge is 0.165 e. The number of hydrogen-bond donors (Lipinski definition) is 0. The van der Waals surface area contributed by atoms with Crippen LogP contribution in [0.15, 0.2) is 206 Å². The largest absolute Gasteiger partial charge is 0.309 e. The molecule has 0 aliphatic heterocycles. The van der Waals surface area contributed by atoms with Crippen LogP contribution in [0.4, 0.5) is 0 Å². The number of para-hydroxylation sites is 2. The predicted octanol–water partition coefficient (Wildman–Crippen LogP) is 14.8. The molecule has 0 aliphatic carbocycles. The molecule has 12 rings (SSSR count). The van der Waals surface area contributed by atoms with Crippen LogP contribution in [0, 0.1) is 0 Å². The lowest BCUT2D eigenvalue weighted by molar-refractivity contribution is 1.08. The summed E-state index contributed by atoms with van der Waals surface area (Å²) in [5, 5.41) is 7.43. The van der Waals surface area contributed by atoms with Crippen molar-refractivity contribution in [3.63, 3.8) is 0 Å². The van der Waals surface area contributed by atoms with Crippen LogP contribution in [0.1, 0.15) is 0 Å². The normalized spacial score (nSPS) is 11.7. The Morgan fingerprint density at radius 3 is 1.40 bits per heavy atom. The Bertz CT molecular complexity index is 3530. The first-order valence-electron chi connectivity index (χ1n) is 20.2. The Balaban J connectivity index is 0.917. The molecule has 0 spiro atoms. The third kappa shape index (κ3) is 5.63. The highest BCUT2D eigenvalue weighted by Gasteiger charge is 2.18. The number of aromatic nitrogens is 4. The summed E-state index contributed by atoms with van der Waals surface area (Å²) >= 11 is 1.79. The van der Waals surface area contributed by atoms with E-state index >= 15 is 0 Å². The summed E-state index contributed by atoms with van der Waals surface area (Å²) in [5.74, 6) is 1.97. The molecule has 0 aliphatic rings. The van der Waals surface area contributed by atoms with Gasteiger partial charge in [0, 0.05) is 53.3 Å². The summed E-state index contributed by atoms with van der Waals surface area (Å²) in [6.07, 6.45) is 0. The fourth-order valence-electron chi connectivity index (χ4n) is 8.86. The van der Waals surface area contributed by atoms with Crippen molar-refractivity contribution in [2.75, 3.05) is 0 Å². The molecule has 0 fully saturated rings. The molecule has 0 atom stereocenters. The van der Waals surface area contributed by atoms with Gasteiger partial charge in [-0.15, -0.1) is 11.3 Å². The first-order chi connectivity index (χ1) is 29.7. The van der Waals surface area contributed by atoms with E-state index in [-0.39, 0.29) is 0 Å². The zero-order chi connectivity index (χ0) is 39.6. The van der Waals surface area contributed by atoms with Crippen LogP contribution in [0.5, 0.6) is 0 Å². The monoisotopic (exact) mass is 782 g/mol. The third-order valence-corrected chi connectivity index (χ3v) is 12.9. The molecule has 4 nitrogen and oxygen atoms in total. The number of thiophene rings is 1. The molecule has 9 aromatic carbocycles. The molecule has 60 heavy (non-hydrogen) atoms. The molecule has 12 aromatic rings. The van der Waals surface area contributed by atoms with E-state index < -0.39 is 0 Å². The first-order valence-corrected chi connectivity index (χ1v) is 21.0. The topological polar surface area (TPSA) is 43.6 Å². The van der Waals surface area contributed by atoms with E-state index in [1.165, 1.54) is 69.4 Å². The molecule has 0 N–H and O–H groups in total. The lowest BCUT2D eigenvalue weighted by atomic mass is 9.92. The maximum atomic E-state index is 5.15. The van der Waals surface area contributed by atoms with Crippen molar-refractivity contribution >= 4 is 64.1 Å². The summed E-state index contributed by atoms with van der Waals surface area (Å²) in [4.78, 5) is 15.3. The third-order valence-electron chi connectivity index (χ3n) is 11.7. The Morgan fingerprint density at radius 1 is 0.300 bits per heavy atom. The van der Waals surface area contributed by atoms with Crippen LogP contribution >= 0.6 is 11.3 Å². The molecular formula is C55H34N4S. The van der Waals surface area contributed by atoms with E-state index in [0.717, 1.165) is 27.9 Å². The van der Waals surface area contributed by atoms with Crippen molar-refractivity contribution < 1.29 is 0 Å². The molecule has 3 heterocycles. The number of benzene rings is 9. The second-order valence-electron chi connectivity index (χ2n) is 15.2. The van der Waals surface area contributed by atoms with Gasteiger partial charge in [0.1, 0.15) is 0 Å². The molecule has 0 saturated carbocycles. The zero-order valence-corrected chi connectivity index (χ0v) is 33.1. The lowest BCUT2D eigenvalue weighted by Gasteiger charge is -2.14. The van der Waals surface area contributed by atoms with Gasteiger partial charge in [-0.25, -0.2) is 15.0 Å².